The van der Waals surface area contributed by atoms with Crippen LogP contribution in [-0.4, -0.2) is 67.7 Å². The predicted octanol–water partition coefficient (Wildman–Crippen LogP) is 0.0669. The molecule has 2 rings (SSSR count). The van der Waals surface area contributed by atoms with Gasteiger partial charge in [-0.15, -0.1) is 11.3 Å². The Morgan fingerprint density at radius 2 is 2.29 bits per heavy atom. The van der Waals surface area contributed by atoms with Gasteiger partial charge in [0.1, 0.15) is 0 Å². The molecule has 0 unspecified atom stereocenters. The van der Waals surface area contributed by atoms with E-state index in [-0.39, 0.29) is 31.3 Å². The van der Waals surface area contributed by atoms with Crippen LogP contribution in [0.3, 0.4) is 0 Å². The van der Waals surface area contributed by atoms with E-state index in [4.69, 9.17) is 9.84 Å². The van der Waals surface area contributed by atoms with E-state index in [1.165, 1.54) is 27.2 Å². The lowest BCUT2D eigenvalue weighted by molar-refractivity contribution is 0.168. The van der Waals surface area contributed by atoms with E-state index in [0.717, 1.165) is 0 Å². The fraction of sp³-hybridized carbons (Fsp3) is 0.545. The van der Waals surface area contributed by atoms with E-state index < -0.39 is 10.0 Å². The monoisotopic (exact) mass is 334 g/mol. The van der Waals surface area contributed by atoms with Crippen LogP contribution in [0.5, 0.6) is 0 Å². The second kappa shape index (κ2) is 6.71. The summed E-state index contributed by atoms with van der Waals surface area (Å²) in [6.07, 6.45) is 1.66. The molecule has 0 bridgehead atoms. The van der Waals surface area contributed by atoms with Crippen LogP contribution in [-0.2, 0) is 14.8 Å². The first kappa shape index (κ1) is 16.2. The second-order valence-electron chi connectivity index (χ2n) is 4.19. The molecule has 0 aliphatic heterocycles. The molecule has 0 aliphatic carbocycles. The van der Waals surface area contributed by atoms with Crippen molar-refractivity contribution in [2.45, 2.75) is 5.03 Å². The summed E-state index contributed by atoms with van der Waals surface area (Å²) < 4.78 is 33.3. The van der Waals surface area contributed by atoms with E-state index in [1.807, 2.05) is 0 Å². The van der Waals surface area contributed by atoms with Crippen LogP contribution in [0.2, 0.25) is 0 Å². The molecule has 0 spiro atoms. The Kier molecular flexibility index (Phi) is 5.17. The number of hydrogen-bond donors (Lipinski definition) is 2. The Balaban J connectivity index is 2.49. The van der Waals surface area contributed by atoms with Gasteiger partial charge < -0.3 is 15.2 Å². The highest BCUT2D eigenvalue weighted by Crippen LogP contribution is 2.27. The number of ether oxygens (including phenoxy) is 1. The molecule has 0 radical (unpaired) electrons. The number of nitrogens with zero attached hydrogens (tertiary/aromatic N) is 3. The molecule has 0 aromatic carbocycles. The first-order chi connectivity index (χ1) is 10.1. The number of fused-ring (bicyclic) bond motifs is 1. The molecule has 0 saturated heterocycles. The molecule has 118 valence electrons. The van der Waals surface area contributed by atoms with Crippen molar-refractivity contribution in [1.82, 2.24) is 13.7 Å². The number of methoxy groups -OCH3 is 1. The van der Waals surface area contributed by atoms with Crippen LogP contribution in [0.4, 0.5) is 5.82 Å². The van der Waals surface area contributed by atoms with Crippen LogP contribution >= 0.6 is 11.3 Å². The van der Waals surface area contributed by atoms with Gasteiger partial charge >= 0.3 is 0 Å². The zero-order valence-electron chi connectivity index (χ0n) is 11.8. The number of rotatable bonds is 8. The predicted molar refractivity (Wildman–Crippen MR) is 80.3 cm³/mol. The summed E-state index contributed by atoms with van der Waals surface area (Å²) in [7, 11) is -0.673. The molecule has 0 saturated carbocycles. The van der Waals surface area contributed by atoms with Crippen LogP contribution in [0.15, 0.2) is 16.6 Å². The normalized spacial score (nSPS) is 12.4. The van der Waals surface area contributed by atoms with E-state index in [2.05, 4.69) is 10.3 Å². The summed E-state index contributed by atoms with van der Waals surface area (Å²) in [6, 6.07) is 0. The Labute approximate surface area is 127 Å². The molecular weight excluding hydrogens is 316 g/mol. The summed E-state index contributed by atoms with van der Waals surface area (Å²) in [5.41, 5.74) is 0. The quantitative estimate of drug-likeness (QED) is 0.709. The van der Waals surface area contributed by atoms with E-state index in [1.54, 1.807) is 18.6 Å². The number of sulfonamides is 1. The summed E-state index contributed by atoms with van der Waals surface area (Å²) in [5.74, 6) is 0.294. The minimum atomic E-state index is -3.79. The molecule has 2 N–H and O–H groups in total. The molecule has 2 aromatic heterocycles. The first-order valence-corrected chi connectivity index (χ1v) is 8.61. The number of imidazole rings is 1. The minimum Gasteiger partial charge on any atom is -0.395 e. The summed E-state index contributed by atoms with van der Waals surface area (Å²) in [6.45, 7) is 0.162. The SMILES string of the molecule is CNc1nc2sccn2c1S(=O)(=O)N(CCO)CCOC. The Morgan fingerprint density at radius 1 is 1.52 bits per heavy atom. The Hall–Kier alpha value is -1.20. The zero-order valence-corrected chi connectivity index (χ0v) is 13.4. The third-order valence-corrected chi connectivity index (χ3v) is 5.61. The van der Waals surface area contributed by atoms with Crippen molar-refractivity contribution >= 4 is 32.1 Å². The van der Waals surface area contributed by atoms with Gasteiger partial charge in [-0.3, -0.25) is 4.40 Å². The van der Waals surface area contributed by atoms with Gasteiger partial charge in [-0.1, -0.05) is 0 Å². The molecule has 0 atom stereocenters. The van der Waals surface area contributed by atoms with Crippen molar-refractivity contribution < 1.29 is 18.3 Å². The lowest BCUT2D eigenvalue weighted by Crippen LogP contribution is -2.37. The molecule has 2 heterocycles. The van der Waals surface area contributed by atoms with Crippen LogP contribution in [0.25, 0.3) is 4.96 Å². The van der Waals surface area contributed by atoms with Gasteiger partial charge in [0, 0.05) is 38.8 Å². The van der Waals surface area contributed by atoms with Gasteiger partial charge in [0.05, 0.1) is 13.2 Å². The smallest absolute Gasteiger partial charge is 0.263 e. The number of aliphatic hydroxyl groups excluding tert-OH is 1. The van der Waals surface area contributed by atoms with Crippen molar-refractivity contribution in [1.29, 1.82) is 0 Å². The number of hydrogen-bond acceptors (Lipinski definition) is 7. The maximum atomic E-state index is 12.8. The molecule has 0 aliphatic rings. The van der Waals surface area contributed by atoms with Crippen molar-refractivity contribution in [3.8, 4) is 0 Å². The molecule has 21 heavy (non-hydrogen) atoms. The first-order valence-electron chi connectivity index (χ1n) is 6.29. The third kappa shape index (κ3) is 3.04. The highest BCUT2D eigenvalue weighted by atomic mass is 32.2. The molecule has 10 heteroatoms. The lowest BCUT2D eigenvalue weighted by atomic mass is 10.6. The largest absolute Gasteiger partial charge is 0.395 e. The third-order valence-electron chi connectivity index (χ3n) is 2.93. The number of anilines is 1. The van der Waals surface area contributed by atoms with Crippen LogP contribution in [0.1, 0.15) is 0 Å². The zero-order chi connectivity index (χ0) is 15.5. The maximum absolute atomic E-state index is 12.8. The fourth-order valence-electron chi connectivity index (χ4n) is 1.95. The van der Waals surface area contributed by atoms with Gasteiger partial charge in [0.15, 0.2) is 15.8 Å². The number of aromatic nitrogens is 2. The van der Waals surface area contributed by atoms with Gasteiger partial charge in [0.25, 0.3) is 10.0 Å². The van der Waals surface area contributed by atoms with E-state index in [9.17, 15) is 8.42 Å². The molecule has 0 amide bonds. The van der Waals surface area contributed by atoms with Crippen LogP contribution < -0.4 is 5.32 Å². The Bertz CT molecular complexity index is 694. The highest BCUT2D eigenvalue weighted by molar-refractivity contribution is 7.89. The fourth-order valence-corrected chi connectivity index (χ4v) is 4.39. The van der Waals surface area contributed by atoms with Crippen molar-refractivity contribution in [2.24, 2.45) is 0 Å². The average molecular weight is 334 g/mol. The van der Waals surface area contributed by atoms with E-state index >= 15 is 0 Å². The summed E-state index contributed by atoms with van der Waals surface area (Å²) >= 11 is 1.35. The highest BCUT2D eigenvalue weighted by Gasteiger charge is 2.31. The Morgan fingerprint density at radius 3 is 2.90 bits per heavy atom. The lowest BCUT2D eigenvalue weighted by Gasteiger charge is -2.20. The van der Waals surface area contributed by atoms with Gasteiger partial charge in [-0.05, 0) is 0 Å². The van der Waals surface area contributed by atoms with Gasteiger partial charge in [0.2, 0.25) is 0 Å². The topological polar surface area (TPSA) is 96.2 Å². The summed E-state index contributed by atoms with van der Waals surface area (Å²) in [4.78, 5) is 4.84. The standard InChI is InChI=1S/C11H18N4O4S2/c1-12-9-10(15-5-8-20-11(15)13-9)21(17,18)14(3-6-16)4-7-19-2/h5,8,12,16H,3-4,6-7H2,1-2H3. The van der Waals surface area contributed by atoms with E-state index in [0.29, 0.717) is 10.8 Å². The molecule has 8 nitrogen and oxygen atoms in total. The second-order valence-corrected chi connectivity index (χ2v) is 6.92. The molecule has 0 fully saturated rings. The van der Waals surface area contributed by atoms with Crippen molar-refractivity contribution in [3.63, 3.8) is 0 Å². The number of thiazole rings is 1. The molecular formula is C11H18N4O4S2. The number of aliphatic hydroxyl groups is 1. The van der Waals surface area contributed by atoms with Gasteiger partial charge in [-0.2, -0.15) is 4.31 Å². The minimum absolute atomic E-state index is 0.00617. The van der Waals surface area contributed by atoms with Crippen molar-refractivity contribution in [3.05, 3.63) is 11.6 Å². The van der Waals surface area contributed by atoms with Crippen molar-refractivity contribution in [2.75, 3.05) is 45.8 Å². The summed E-state index contributed by atoms with van der Waals surface area (Å²) in [5, 5.41) is 13.8. The number of nitrogens with one attached hydrogen (secondary N) is 1. The average Bonchev–Trinajstić information content (AvgIpc) is 3.02. The maximum Gasteiger partial charge on any atom is 0.263 e. The molecule has 2 aromatic rings. The van der Waals surface area contributed by atoms with Gasteiger partial charge in [-0.25, -0.2) is 13.4 Å². The van der Waals surface area contributed by atoms with Crippen LogP contribution in [0, 0.1) is 0 Å².